The molecular formula is C15H24N2O2. The van der Waals surface area contributed by atoms with Crippen molar-refractivity contribution in [1.29, 1.82) is 0 Å². The average molecular weight is 264 g/mol. The van der Waals surface area contributed by atoms with Crippen LogP contribution in [0.25, 0.3) is 0 Å². The molecule has 1 N–H and O–H groups in total. The van der Waals surface area contributed by atoms with Gasteiger partial charge in [0.05, 0.1) is 11.6 Å². The Balaban J connectivity index is 2.19. The highest BCUT2D eigenvalue weighted by molar-refractivity contribution is 5.70. The molecule has 1 aliphatic rings. The number of carboxylic acid groups (broad SMARTS) is 1. The zero-order valence-electron chi connectivity index (χ0n) is 12.1. The minimum absolute atomic E-state index is 0.249. The molecule has 0 fully saturated rings. The van der Waals surface area contributed by atoms with E-state index in [9.17, 15) is 4.79 Å². The first-order valence-electron chi connectivity index (χ1n) is 7.31. The SMILES string of the molecule is CCCCC(C)c1nc2c(n1C)CCC(C(=O)O)C2. The zero-order valence-corrected chi connectivity index (χ0v) is 12.1. The lowest BCUT2D eigenvalue weighted by molar-refractivity contribution is -0.142. The minimum Gasteiger partial charge on any atom is -0.481 e. The van der Waals surface area contributed by atoms with E-state index < -0.39 is 5.97 Å². The molecule has 4 heteroatoms. The molecule has 0 saturated carbocycles. The number of imidazole rings is 1. The van der Waals surface area contributed by atoms with E-state index in [0.29, 0.717) is 12.3 Å². The fourth-order valence-corrected chi connectivity index (χ4v) is 3.02. The van der Waals surface area contributed by atoms with Crippen molar-refractivity contribution in [3.63, 3.8) is 0 Å². The van der Waals surface area contributed by atoms with Gasteiger partial charge in [0.2, 0.25) is 0 Å². The van der Waals surface area contributed by atoms with Crippen LogP contribution in [0, 0.1) is 5.92 Å². The second-order valence-electron chi connectivity index (χ2n) is 5.74. The molecule has 0 spiro atoms. The normalized spacial score (nSPS) is 20.1. The second-order valence-corrected chi connectivity index (χ2v) is 5.74. The monoisotopic (exact) mass is 264 g/mol. The molecule has 4 nitrogen and oxygen atoms in total. The van der Waals surface area contributed by atoms with Gasteiger partial charge in [-0.05, 0) is 19.3 Å². The number of aliphatic carboxylic acids is 1. The minimum atomic E-state index is -0.683. The highest BCUT2D eigenvalue weighted by Crippen LogP contribution is 2.29. The number of aromatic nitrogens is 2. The number of rotatable bonds is 5. The molecule has 2 unspecified atom stereocenters. The Kier molecular flexibility index (Phi) is 4.27. The summed E-state index contributed by atoms with van der Waals surface area (Å²) in [4.78, 5) is 15.8. The van der Waals surface area contributed by atoms with Gasteiger partial charge in [-0.25, -0.2) is 4.98 Å². The number of fused-ring (bicyclic) bond motifs is 1. The summed E-state index contributed by atoms with van der Waals surface area (Å²) >= 11 is 0. The van der Waals surface area contributed by atoms with Gasteiger partial charge in [0.1, 0.15) is 5.82 Å². The van der Waals surface area contributed by atoms with Gasteiger partial charge >= 0.3 is 5.97 Å². The van der Waals surface area contributed by atoms with Gasteiger partial charge in [0.25, 0.3) is 0 Å². The van der Waals surface area contributed by atoms with E-state index in [1.807, 2.05) is 0 Å². The Morgan fingerprint density at radius 3 is 2.95 bits per heavy atom. The summed E-state index contributed by atoms with van der Waals surface area (Å²) in [5.41, 5.74) is 2.26. The van der Waals surface area contributed by atoms with Crippen LogP contribution in [0.4, 0.5) is 0 Å². The summed E-state index contributed by atoms with van der Waals surface area (Å²) in [5, 5.41) is 9.13. The lowest BCUT2D eigenvalue weighted by Gasteiger charge is -2.18. The average Bonchev–Trinajstić information content (AvgIpc) is 2.73. The maximum atomic E-state index is 11.1. The van der Waals surface area contributed by atoms with Crippen LogP contribution in [0.5, 0.6) is 0 Å². The van der Waals surface area contributed by atoms with Gasteiger partial charge in [-0.1, -0.05) is 26.7 Å². The Bertz CT molecular complexity index is 465. The highest BCUT2D eigenvalue weighted by atomic mass is 16.4. The first kappa shape index (κ1) is 14.1. The van der Waals surface area contributed by atoms with Crippen molar-refractivity contribution in [2.75, 3.05) is 0 Å². The van der Waals surface area contributed by atoms with Gasteiger partial charge in [-0.15, -0.1) is 0 Å². The quantitative estimate of drug-likeness (QED) is 0.889. The standard InChI is InChI=1S/C15H24N2O2/c1-4-5-6-10(2)14-16-12-9-11(15(18)19)7-8-13(12)17(14)3/h10-11H,4-9H2,1-3H3,(H,18,19). The molecule has 0 bridgehead atoms. The predicted octanol–water partition coefficient (Wildman–Crippen LogP) is 2.90. The smallest absolute Gasteiger partial charge is 0.306 e. The molecule has 0 amide bonds. The fraction of sp³-hybridized carbons (Fsp3) is 0.733. The van der Waals surface area contributed by atoms with Crippen molar-refractivity contribution in [3.8, 4) is 0 Å². The van der Waals surface area contributed by atoms with Crippen molar-refractivity contribution in [2.45, 2.75) is 58.3 Å². The maximum absolute atomic E-state index is 11.1. The largest absolute Gasteiger partial charge is 0.481 e. The molecule has 0 radical (unpaired) electrons. The van der Waals surface area contributed by atoms with Crippen LogP contribution in [0.1, 0.15) is 62.7 Å². The molecule has 1 aromatic rings. The molecule has 19 heavy (non-hydrogen) atoms. The van der Waals surface area contributed by atoms with E-state index in [1.165, 1.54) is 18.5 Å². The lowest BCUT2D eigenvalue weighted by atomic mass is 9.90. The summed E-state index contributed by atoms with van der Waals surface area (Å²) in [5.74, 6) is 0.654. The van der Waals surface area contributed by atoms with Crippen LogP contribution in [-0.2, 0) is 24.7 Å². The Morgan fingerprint density at radius 1 is 1.58 bits per heavy atom. The lowest BCUT2D eigenvalue weighted by Crippen LogP contribution is -2.22. The first-order valence-corrected chi connectivity index (χ1v) is 7.31. The molecule has 1 aliphatic carbocycles. The topological polar surface area (TPSA) is 55.1 Å². The Morgan fingerprint density at radius 2 is 2.32 bits per heavy atom. The molecule has 2 rings (SSSR count). The van der Waals surface area contributed by atoms with E-state index in [0.717, 1.165) is 30.8 Å². The number of carbonyl (C=O) groups is 1. The number of hydrogen-bond donors (Lipinski definition) is 1. The van der Waals surface area contributed by atoms with Crippen LogP contribution in [0.2, 0.25) is 0 Å². The van der Waals surface area contributed by atoms with Gasteiger partial charge in [-0.2, -0.15) is 0 Å². The number of hydrogen-bond acceptors (Lipinski definition) is 2. The van der Waals surface area contributed by atoms with Crippen molar-refractivity contribution in [3.05, 3.63) is 17.2 Å². The van der Waals surface area contributed by atoms with E-state index in [4.69, 9.17) is 10.1 Å². The number of nitrogens with zero attached hydrogens (tertiary/aromatic N) is 2. The van der Waals surface area contributed by atoms with Gasteiger partial charge in [-0.3, -0.25) is 4.79 Å². The molecule has 1 heterocycles. The first-order chi connectivity index (χ1) is 9.04. The summed E-state index contributed by atoms with van der Waals surface area (Å²) < 4.78 is 2.20. The predicted molar refractivity (Wildman–Crippen MR) is 74.3 cm³/mol. The second kappa shape index (κ2) is 5.76. The molecule has 106 valence electrons. The van der Waals surface area contributed by atoms with Crippen molar-refractivity contribution in [1.82, 2.24) is 9.55 Å². The van der Waals surface area contributed by atoms with E-state index in [2.05, 4.69) is 25.5 Å². The van der Waals surface area contributed by atoms with Crippen LogP contribution >= 0.6 is 0 Å². The van der Waals surface area contributed by atoms with Crippen LogP contribution in [0.15, 0.2) is 0 Å². The molecule has 0 saturated heterocycles. The van der Waals surface area contributed by atoms with Gasteiger partial charge < -0.3 is 9.67 Å². The molecule has 2 atom stereocenters. The van der Waals surface area contributed by atoms with Crippen LogP contribution in [-0.4, -0.2) is 20.6 Å². The van der Waals surface area contributed by atoms with E-state index >= 15 is 0 Å². The molecule has 0 aliphatic heterocycles. The maximum Gasteiger partial charge on any atom is 0.306 e. The summed E-state index contributed by atoms with van der Waals surface area (Å²) in [6.07, 6.45) is 5.76. The zero-order chi connectivity index (χ0) is 14.0. The fourth-order valence-electron chi connectivity index (χ4n) is 3.02. The third-order valence-electron chi connectivity index (χ3n) is 4.28. The van der Waals surface area contributed by atoms with Gasteiger partial charge in [0, 0.05) is 25.1 Å². The van der Waals surface area contributed by atoms with Crippen LogP contribution < -0.4 is 0 Å². The van der Waals surface area contributed by atoms with Crippen molar-refractivity contribution < 1.29 is 9.90 Å². The van der Waals surface area contributed by atoms with E-state index in [-0.39, 0.29) is 5.92 Å². The molecular weight excluding hydrogens is 240 g/mol. The number of unbranched alkanes of at least 4 members (excludes halogenated alkanes) is 1. The third kappa shape index (κ3) is 2.82. The summed E-state index contributed by atoms with van der Waals surface area (Å²) in [7, 11) is 2.07. The number of carboxylic acids is 1. The highest BCUT2D eigenvalue weighted by Gasteiger charge is 2.29. The van der Waals surface area contributed by atoms with E-state index in [1.54, 1.807) is 0 Å². The van der Waals surface area contributed by atoms with Gasteiger partial charge in [0.15, 0.2) is 0 Å². The third-order valence-corrected chi connectivity index (χ3v) is 4.28. The molecule has 0 aromatic carbocycles. The van der Waals surface area contributed by atoms with Crippen molar-refractivity contribution in [2.24, 2.45) is 13.0 Å². The molecule has 1 aromatic heterocycles. The summed E-state index contributed by atoms with van der Waals surface area (Å²) in [6.45, 7) is 4.42. The van der Waals surface area contributed by atoms with Crippen molar-refractivity contribution >= 4 is 5.97 Å². The Labute approximate surface area is 114 Å². The van der Waals surface area contributed by atoms with Crippen LogP contribution in [0.3, 0.4) is 0 Å². The summed E-state index contributed by atoms with van der Waals surface area (Å²) in [6, 6.07) is 0. The Hall–Kier alpha value is -1.32.